The quantitative estimate of drug-likeness (QED) is 0.374. The molecule has 2 amide bonds. The highest BCUT2D eigenvalue weighted by atomic mass is 32.2. The molecule has 0 spiro atoms. The molecule has 0 unspecified atom stereocenters. The van der Waals surface area contributed by atoms with Crippen LogP contribution in [0.5, 0.6) is 0 Å². The molecule has 1 heterocycles. The predicted molar refractivity (Wildman–Crippen MR) is 133 cm³/mol. The third-order valence-corrected chi connectivity index (χ3v) is 6.21. The third-order valence-electron chi connectivity index (χ3n) is 5.24. The van der Waals surface area contributed by atoms with Crippen LogP contribution >= 0.6 is 11.8 Å². The van der Waals surface area contributed by atoms with E-state index >= 15 is 0 Å². The number of aromatic nitrogens is 3. The molecule has 4 rings (SSSR count). The number of thioether (sulfide) groups is 1. The summed E-state index contributed by atoms with van der Waals surface area (Å²) in [6.07, 6.45) is 0.109. The summed E-state index contributed by atoms with van der Waals surface area (Å²) in [5.74, 6) is 0.481. The van der Waals surface area contributed by atoms with E-state index in [0.29, 0.717) is 17.5 Å². The lowest BCUT2D eigenvalue weighted by atomic mass is 10.1. The van der Waals surface area contributed by atoms with E-state index in [1.165, 1.54) is 11.8 Å². The number of nitrogens with zero attached hydrogens (tertiary/aromatic N) is 3. The Kier molecular flexibility index (Phi) is 7.04. The van der Waals surface area contributed by atoms with Crippen LogP contribution in [0.25, 0.3) is 10.8 Å². The van der Waals surface area contributed by atoms with Gasteiger partial charge in [0.15, 0.2) is 5.16 Å². The standard InChI is InChI=1S/C25H25N5O2S/c1-3-30-22(15-23(31)26-20-13-7-4-9-17(20)2)28-29-25(30)33-16-24(32)27-21-14-8-11-18-10-5-6-12-19(18)21/h4-14H,3,15-16H2,1-2H3,(H,26,31)(H,27,32). The first-order valence-corrected chi connectivity index (χ1v) is 11.7. The Bertz CT molecular complexity index is 1300. The number of rotatable bonds is 8. The summed E-state index contributed by atoms with van der Waals surface area (Å²) in [6, 6.07) is 21.4. The molecule has 2 N–H and O–H groups in total. The summed E-state index contributed by atoms with van der Waals surface area (Å²) in [7, 11) is 0. The summed E-state index contributed by atoms with van der Waals surface area (Å²) in [4.78, 5) is 25.1. The zero-order valence-corrected chi connectivity index (χ0v) is 19.4. The lowest BCUT2D eigenvalue weighted by Gasteiger charge is -2.10. The van der Waals surface area contributed by atoms with Gasteiger partial charge in [0, 0.05) is 23.3 Å². The van der Waals surface area contributed by atoms with Crippen molar-refractivity contribution in [2.75, 3.05) is 16.4 Å². The van der Waals surface area contributed by atoms with Crippen molar-refractivity contribution in [3.63, 3.8) is 0 Å². The van der Waals surface area contributed by atoms with E-state index in [2.05, 4.69) is 20.8 Å². The fourth-order valence-corrected chi connectivity index (χ4v) is 4.40. The van der Waals surface area contributed by atoms with E-state index in [9.17, 15) is 9.59 Å². The number of anilines is 2. The Morgan fingerprint density at radius 1 is 0.879 bits per heavy atom. The summed E-state index contributed by atoms with van der Waals surface area (Å²) in [6.45, 7) is 4.52. The number of hydrogen-bond donors (Lipinski definition) is 2. The molecular formula is C25H25N5O2S. The number of carbonyl (C=O) groups is 2. The van der Waals surface area contributed by atoms with Gasteiger partial charge in [0.25, 0.3) is 0 Å². The molecule has 0 fully saturated rings. The van der Waals surface area contributed by atoms with Crippen LogP contribution in [0.2, 0.25) is 0 Å². The van der Waals surface area contributed by atoms with Crippen LogP contribution in [0.4, 0.5) is 11.4 Å². The minimum atomic E-state index is -0.156. The largest absolute Gasteiger partial charge is 0.325 e. The molecule has 1 aromatic heterocycles. The first-order chi connectivity index (χ1) is 16.0. The molecular weight excluding hydrogens is 434 g/mol. The molecule has 8 heteroatoms. The van der Waals surface area contributed by atoms with Gasteiger partial charge in [-0.15, -0.1) is 10.2 Å². The Labute approximate surface area is 196 Å². The molecule has 0 atom stereocenters. The van der Waals surface area contributed by atoms with Gasteiger partial charge in [-0.05, 0) is 36.9 Å². The zero-order chi connectivity index (χ0) is 23.2. The molecule has 0 aliphatic heterocycles. The number of nitrogens with one attached hydrogen (secondary N) is 2. The summed E-state index contributed by atoms with van der Waals surface area (Å²) in [5.41, 5.74) is 2.56. The molecule has 7 nitrogen and oxygen atoms in total. The van der Waals surface area contributed by atoms with E-state index in [1.54, 1.807) is 0 Å². The number of carbonyl (C=O) groups excluding carboxylic acids is 2. The summed E-state index contributed by atoms with van der Waals surface area (Å²) in [5, 5.41) is 17.0. The van der Waals surface area contributed by atoms with Crippen molar-refractivity contribution in [3.05, 3.63) is 78.1 Å². The molecule has 0 saturated carbocycles. The van der Waals surface area contributed by atoms with Crippen molar-refractivity contribution in [1.82, 2.24) is 14.8 Å². The fraction of sp³-hybridized carbons (Fsp3) is 0.200. The van der Waals surface area contributed by atoms with Crippen LogP contribution in [-0.4, -0.2) is 32.3 Å². The molecule has 168 valence electrons. The van der Waals surface area contributed by atoms with Crippen LogP contribution in [-0.2, 0) is 22.6 Å². The second-order valence-corrected chi connectivity index (χ2v) is 8.49. The minimum absolute atomic E-state index is 0.109. The second kappa shape index (κ2) is 10.3. The average molecular weight is 460 g/mol. The van der Waals surface area contributed by atoms with Crippen LogP contribution < -0.4 is 10.6 Å². The smallest absolute Gasteiger partial charge is 0.234 e. The number of aryl methyl sites for hydroxylation is 1. The van der Waals surface area contributed by atoms with Gasteiger partial charge in [0.1, 0.15) is 5.82 Å². The highest BCUT2D eigenvalue weighted by Gasteiger charge is 2.16. The van der Waals surface area contributed by atoms with Crippen molar-refractivity contribution in [3.8, 4) is 0 Å². The topological polar surface area (TPSA) is 88.9 Å². The number of amides is 2. The van der Waals surface area contributed by atoms with Gasteiger partial charge in [0.2, 0.25) is 11.8 Å². The zero-order valence-electron chi connectivity index (χ0n) is 18.5. The molecule has 0 bridgehead atoms. The lowest BCUT2D eigenvalue weighted by molar-refractivity contribution is -0.116. The third kappa shape index (κ3) is 5.40. The molecule has 0 saturated heterocycles. The van der Waals surface area contributed by atoms with E-state index in [4.69, 9.17) is 0 Å². The van der Waals surface area contributed by atoms with Crippen LogP contribution in [0.1, 0.15) is 18.3 Å². The van der Waals surface area contributed by atoms with Crippen molar-refractivity contribution in [1.29, 1.82) is 0 Å². The molecule has 0 aliphatic carbocycles. The first-order valence-electron chi connectivity index (χ1n) is 10.7. The van der Waals surface area contributed by atoms with Gasteiger partial charge < -0.3 is 15.2 Å². The Morgan fingerprint density at radius 2 is 1.58 bits per heavy atom. The van der Waals surface area contributed by atoms with Gasteiger partial charge >= 0.3 is 0 Å². The SMILES string of the molecule is CCn1c(CC(=O)Nc2ccccc2C)nnc1SCC(=O)Nc1cccc2ccccc12. The number of benzene rings is 3. The van der Waals surface area contributed by atoms with Crippen molar-refractivity contribution in [2.24, 2.45) is 0 Å². The molecule has 0 aliphatic rings. The van der Waals surface area contributed by atoms with Crippen LogP contribution in [0, 0.1) is 6.92 Å². The molecule has 4 aromatic rings. The maximum Gasteiger partial charge on any atom is 0.234 e. The number of para-hydroxylation sites is 1. The van der Waals surface area contributed by atoms with E-state index in [1.807, 2.05) is 85.1 Å². The maximum absolute atomic E-state index is 12.6. The van der Waals surface area contributed by atoms with Gasteiger partial charge in [-0.1, -0.05) is 66.4 Å². The van der Waals surface area contributed by atoms with Gasteiger partial charge in [-0.25, -0.2) is 0 Å². The lowest BCUT2D eigenvalue weighted by Crippen LogP contribution is -2.18. The monoisotopic (exact) mass is 459 g/mol. The Hall–Kier alpha value is -3.65. The molecule has 33 heavy (non-hydrogen) atoms. The Balaban J connectivity index is 1.38. The van der Waals surface area contributed by atoms with Crippen molar-refractivity contribution < 1.29 is 9.59 Å². The highest BCUT2D eigenvalue weighted by Crippen LogP contribution is 2.24. The van der Waals surface area contributed by atoms with E-state index < -0.39 is 0 Å². The second-order valence-electron chi connectivity index (χ2n) is 7.55. The van der Waals surface area contributed by atoms with Gasteiger partial charge in [-0.2, -0.15) is 0 Å². The van der Waals surface area contributed by atoms with E-state index in [0.717, 1.165) is 27.7 Å². The van der Waals surface area contributed by atoms with E-state index in [-0.39, 0.29) is 24.0 Å². The minimum Gasteiger partial charge on any atom is -0.325 e. The van der Waals surface area contributed by atoms with Gasteiger partial charge in [0.05, 0.1) is 12.2 Å². The van der Waals surface area contributed by atoms with Crippen LogP contribution in [0.15, 0.2) is 71.9 Å². The number of hydrogen-bond acceptors (Lipinski definition) is 5. The predicted octanol–water partition coefficient (Wildman–Crippen LogP) is 4.67. The fourth-order valence-electron chi connectivity index (χ4n) is 3.58. The first kappa shape index (κ1) is 22.5. The van der Waals surface area contributed by atoms with Crippen LogP contribution in [0.3, 0.4) is 0 Å². The summed E-state index contributed by atoms with van der Waals surface area (Å²) >= 11 is 1.30. The maximum atomic E-state index is 12.6. The average Bonchev–Trinajstić information content (AvgIpc) is 3.20. The summed E-state index contributed by atoms with van der Waals surface area (Å²) < 4.78 is 1.87. The molecule has 0 radical (unpaired) electrons. The van der Waals surface area contributed by atoms with Crippen molar-refractivity contribution in [2.45, 2.75) is 32.0 Å². The van der Waals surface area contributed by atoms with Gasteiger partial charge in [-0.3, -0.25) is 9.59 Å². The molecule has 3 aromatic carbocycles. The normalized spacial score (nSPS) is 10.8. The number of fused-ring (bicyclic) bond motifs is 1. The van der Waals surface area contributed by atoms with Crippen molar-refractivity contribution >= 4 is 45.7 Å². The highest BCUT2D eigenvalue weighted by molar-refractivity contribution is 7.99. The Morgan fingerprint density at radius 3 is 2.39 bits per heavy atom.